The fraction of sp³-hybridized carbons (Fsp3) is 0.208. The Morgan fingerprint density at radius 2 is 1.94 bits per heavy atom. The van der Waals surface area contributed by atoms with E-state index in [9.17, 15) is 4.79 Å². The van der Waals surface area contributed by atoms with Crippen molar-refractivity contribution in [2.75, 3.05) is 0 Å². The monoisotopic (exact) mass is 432 g/mol. The van der Waals surface area contributed by atoms with Gasteiger partial charge < -0.3 is 14.4 Å². The molecular formula is C24H24N4O2S. The minimum absolute atomic E-state index is 0.0898. The number of hydrogen-bond acceptors (Lipinski definition) is 5. The van der Waals surface area contributed by atoms with Gasteiger partial charge >= 0.3 is 0 Å². The smallest absolute Gasteiger partial charge is 0.252 e. The number of benzene rings is 2. The Morgan fingerprint density at radius 3 is 2.61 bits per heavy atom. The predicted octanol–water partition coefficient (Wildman–Crippen LogP) is 5.26. The molecule has 158 valence electrons. The van der Waals surface area contributed by atoms with Gasteiger partial charge in [0.15, 0.2) is 0 Å². The van der Waals surface area contributed by atoms with Crippen molar-refractivity contribution in [2.45, 2.75) is 37.5 Å². The summed E-state index contributed by atoms with van der Waals surface area (Å²) >= 11 is 1.62. The molecule has 6 nitrogen and oxygen atoms in total. The topological polar surface area (TPSA) is 73.0 Å². The maximum atomic E-state index is 13.0. The number of carbonyl (C=O) groups excluding carboxylic acids is 1. The summed E-state index contributed by atoms with van der Waals surface area (Å²) in [6.45, 7) is 5.84. The van der Waals surface area contributed by atoms with E-state index < -0.39 is 0 Å². The molecule has 31 heavy (non-hydrogen) atoms. The molecule has 0 aliphatic heterocycles. The third kappa shape index (κ3) is 4.72. The normalized spacial score (nSPS) is 12.0. The standard InChI is InChI=1S/C24H24N4O2S/c1-16(19-8-10-20(11-9-19)28-13-12-25-15-28)26-24(29)21-6-4-5-7-23(21)31-14-22-17(2)27-30-18(22)3/h4-13,15-16H,14H2,1-3H3,(H,26,29)/t16-/m0/s1. The van der Waals surface area contributed by atoms with E-state index in [1.807, 2.05) is 80.1 Å². The van der Waals surface area contributed by atoms with E-state index in [0.717, 1.165) is 33.2 Å². The van der Waals surface area contributed by atoms with Gasteiger partial charge in [0.2, 0.25) is 0 Å². The number of imidazole rings is 1. The molecule has 0 bridgehead atoms. The number of aromatic nitrogens is 3. The molecule has 0 aliphatic rings. The second-order valence-electron chi connectivity index (χ2n) is 7.34. The molecule has 4 aromatic rings. The lowest BCUT2D eigenvalue weighted by Crippen LogP contribution is -2.27. The van der Waals surface area contributed by atoms with Crippen molar-refractivity contribution in [3.05, 3.63) is 95.4 Å². The summed E-state index contributed by atoms with van der Waals surface area (Å²) in [6.07, 6.45) is 5.41. The van der Waals surface area contributed by atoms with Crippen molar-refractivity contribution in [3.63, 3.8) is 0 Å². The van der Waals surface area contributed by atoms with Crippen molar-refractivity contribution >= 4 is 17.7 Å². The summed E-state index contributed by atoms with van der Waals surface area (Å²) in [5.74, 6) is 1.43. The quantitative estimate of drug-likeness (QED) is 0.403. The van der Waals surface area contributed by atoms with E-state index in [1.165, 1.54) is 0 Å². The largest absolute Gasteiger partial charge is 0.361 e. The molecule has 7 heteroatoms. The van der Waals surface area contributed by atoms with Crippen LogP contribution in [0.25, 0.3) is 5.69 Å². The molecular weight excluding hydrogens is 408 g/mol. The van der Waals surface area contributed by atoms with Gasteiger partial charge in [-0.15, -0.1) is 11.8 Å². The molecule has 2 heterocycles. The van der Waals surface area contributed by atoms with E-state index in [0.29, 0.717) is 11.3 Å². The van der Waals surface area contributed by atoms with Crippen LogP contribution in [-0.4, -0.2) is 20.6 Å². The third-order valence-electron chi connectivity index (χ3n) is 5.23. The Morgan fingerprint density at radius 1 is 1.16 bits per heavy atom. The highest BCUT2D eigenvalue weighted by molar-refractivity contribution is 7.98. The summed E-state index contributed by atoms with van der Waals surface area (Å²) in [5, 5.41) is 7.13. The van der Waals surface area contributed by atoms with Crippen LogP contribution in [0.4, 0.5) is 0 Å². The number of thioether (sulfide) groups is 1. The molecule has 0 saturated carbocycles. The molecule has 0 saturated heterocycles. The van der Waals surface area contributed by atoms with Crippen LogP contribution in [0.5, 0.6) is 0 Å². The molecule has 1 N–H and O–H groups in total. The van der Waals surface area contributed by atoms with Gasteiger partial charge in [0.05, 0.1) is 23.6 Å². The summed E-state index contributed by atoms with van der Waals surface area (Å²) < 4.78 is 7.19. The summed E-state index contributed by atoms with van der Waals surface area (Å²) in [4.78, 5) is 18.0. The Labute approximate surface area is 185 Å². The van der Waals surface area contributed by atoms with Crippen LogP contribution in [0, 0.1) is 13.8 Å². The van der Waals surface area contributed by atoms with Gasteiger partial charge in [-0.2, -0.15) is 0 Å². The minimum atomic E-state index is -0.120. The zero-order valence-electron chi connectivity index (χ0n) is 17.7. The number of amides is 1. The summed E-state index contributed by atoms with van der Waals surface area (Å²) in [7, 11) is 0. The van der Waals surface area contributed by atoms with Crippen molar-refractivity contribution < 1.29 is 9.32 Å². The second kappa shape index (κ2) is 9.22. The number of rotatable bonds is 7. The maximum absolute atomic E-state index is 13.0. The van der Waals surface area contributed by atoms with E-state index >= 15 is 0 Å². The number of aryl methyl sites for hydroxylation is 2. The molecule has 0 unspecified atom stereocenters. The van der Waals surface area contributed by atoms with Gasteiger partial charge in [0.1, 0.15) is 5.76 Å². The molecule has 1 atom stereocenters. The highest BCUT2D eigenvalue weighted by atomic mass is 32.2. The summed E-state index contributed by atoms with van der Waals surface area (Å²) in [5.41, 5.74) is 4.70. The first-order valence-corrected chi connectivity index (χ1v) is 11.0. The number of nitrogens with zero attached hydrogens (tertiary/aromatic N) is 3. The van der Waals surface area contributed by atoms with Gasteiger partial charge in [-0.25, -0.2) is 4.98 Å². The van der Waals surface area contributed by atoms with Crippen molar-refractivity contribution in [3.8, 4) is 5.69 Å². The first kappa shape index (κ1) is 20.9. The predicted molar refractivity (Wildman–Crippen MR) is 121 cm³/mol. The van der Waals surface area contributed by atoms with Crippen LogP contribution in [0.3, 0.4) is 0 Å². The van der Waals surface area contributed by atoms with Crippen molar-refractivity contribution in [1.29, 1.82) is 0 Å². The lowest BCUT2D eigenvalue weighted by atomic mass is 10.1. The fourth-order valence-corrected chi connectivity index (χ4v) is 4.55. The van der Waals surface area contributed by atoms with Crippen LogP contribution in [0.1, 0.15) is 45.9 Å². The van der Waals surface area contributed by atoms with Crippen LogP contribution in [-0.2, 0) is 5.75 Å². The average Bonchev–Trinajstić information content (AvgIpc) is 3.43. The molecule has 0 aliphatic carbocycles. The van der Waals surface area contributed by atoms with Crippen LogP contribution < -0.4 is 5.32 Å². The van der Waals surface area contributed by atoms with Gasteiger partial charge in [0.25, 0.3) is 5.91 Å². The highest BCUT2D eigenvalue weighted by Crippen LogP contribution is 2.29. The van der Waals surface area contributed by atoms with Crippen molar-refractivity contribution in [2.24, 2.45) is 0 Å². The first-order chi connectivity index (χ1) is 15.0. The summed E-state index contributed by atoms with van der Waals surface area (Å²) in [6, 6.07) is 15.6. The number of carbonyl (C=O) groups is 1. The molecule has 2 aromatic carbocycles. The third-order valence-corrected chi connectivity index (χ3v) is 6.33. The molecule has 0 radical (unpaired) electrons. The molecule has 0 spiro atoms. The molecule has 2 aromatic heterocycles. The Kier molecular flexibility index (Phi) is 6.23. The lowest BCUT2D eigenvalue weighted by molar-refractivity contribution is 0.0937. The Balaban J connectivity index is 1.44. The van der Waals surface area contributed by atoms with E-state index in [1.54, 1.807) is 24.3 Å². The van der Waals surface area contributed by atoms with E-state index in [2.05, 4.69) is 15.5 Å². The van der Waals surface area contributed by atoms with E-state index in [4.69, 9.17) is 4.52 Å². The second-order valence-corrected chi connectivity index (χ2v) is 8.36. The lowest BCUT2D eigenvalue weighted by Gasteiger charge is -2.16. The van der Waals surface area contributed by atoms with Gasteiger partial charge in [0, 0.05) is 34.3 Å². The first-order valence-electron chi connectivity index (χ1n) is 10.1. The van der Waals surface area contributed by atoms with Gasteiger partial charge in [-0.1, -0.05) is 29.4 Å². The molecule has 1 amide bonds. The zero-order chi connectivity index (χ0) is 21.8. The molecule has 0 fully saturated rings. The van der Waals surface area contributed by atoms with E-state index in [-0.39, 0.29) is 11.9 Å². The van der Waals surface area contributed by atoms with Crippen LogP contribution in [0.2, 0.25) is 0 Å². The van der Waals surface area contributed by atoms with Gasteiger partial charge in [-0.05, 0) is 50.6 Å². The minimum Gasteiger partial charge on any atom is -0.361 e. The Bertz CT molecular complexity index is 1150. The fourth-order valence-electron chi connectivity index (χ4n) is 3.34. The Hall–Kier alpha value is -3.32. The number of hydrogen-bond donors (Lipinski definition) is 1. The van der Waals surface area contributed by atoms with Crippen LogP contribution in [0.15, 0.2) is 76.7 Å². The average molecular weight is 433 g/mol. The van der Waals surface area contributed by atoms with Gasteiger partial charge in [-0.3, -0.25) is 4.79 Å². The number of nitrogens with one attached hydrogen (secondary N) is 1. The van der Waals surface area contributed by atoms with Crippen molar-refractivity contribution in [1.82, 2.24) is 20.0 Å². The van der Waals surface area contributed by atoms with Crippen LogP contribution >= 0.6 is 11.8 Å². The SMILES string of the molecule is Cc1noc(C)c1CSc1ccccc1C(=O)N[C@@H](C)c1ccc(-n2ccnc2)cc1. The zero-order valence-corrected chi connectivity index (χ0v) is 18.5. The maximum Gasteiger partial charge on any atom is 0.252 e. The highest BCUT2D eigenvalue weighted by Gasteiger charge is 2.16. The molecule has 4 rings (SSSR count).